The Kier molecular flexibility index (Phi) is 4.64. The maximum absolute atomic E-state index is 12.5. The van der Waals surface area contributed by atoms with Gasteiger partial charge in [-0.3, -0.25) is 0 Å². The highest BCUT2D eigenvalue weighted by molar-refractivity contribution is 5.75. The minimum Gasteiger partial charge on any atom is -0.493 e. The third-order valence-corrected chi connectivity index (χ3v) is 4.35. The van der Waals surface area contributed by atoms with Gasteiger partial charge in [-0.2, -0.15) is 0 Å². The zero-order valence-corrected chi connectivity index (χ0v) is 14.3. The molecule has 128 valence electrons. The predicted molar refractivity (Wildman–Crippen MR) is 91.6 cm³/mol. The lowest BCUT2D eigenvalue weighted by atomic mass is 9.99. The molecule has 2 aromatic rings. The zero-order valence-electron chi connectivity index (χ0n) is 14.3. The maximum Gasteiger partial charge on any atom is 0.318 e. The fraction of sp³-hybridized carbons (Fsp3) is 0.389. The lowest BCUT2D eigenvalue weighted by Crippen LogP contribution is -2.47. The molecule has 6 heteroatoms. The van der Waals surface area contributed by atoms with Crippen LogP contribution in [0.2, 0.25) is 0 Å². The average molecular weight is 329 g/mol. The van der Waals surface area contributed by atoms with Gasteiger partial charge in [-0.15, -0.1) is 0 Å². The van der Waals surface area contributed by atoms with Crippen LogP contribution in [0.15, 0.2) is 36.5 Å². The van der Waals surface area contributed by atoms with Gasteiger partial charge in [0.05, 0.1) is 20.3 Å². The van der Waals surface area contributed by atoms with Crippen molar-refractivity contribution in [3.63, 3.8) is 0 Å². The Morgan fingerprint density at radius 3 is 2.71 bits per heavy atom. The summed E-state index contributed by atoms with van der Waals surface area (Å²) in [6.45, 7) is 3.99. The summed E-state index contributed by atoms with van der Waals surface area (Å²) >= 11 is 0. The third kappa shape index (κ3) is 2.79. The van der Waals surface area contributed by atoms with Gasteiger partial charge in [-0.05, 0) is 36.8 Å². The zero-order chi connectivity index (χ0) is 17.1. The van der Waals surface area contributed by atoms with Crippen LogP contribution in [-0.2, 0) is 6.54 Å². The second-order valence-electron chi connectivity index (χ2n) is 5.67. The van der Waals surface area contributed by atoms with Gasteiger partial charge in [-0.25, -0.2) is 4.79 Å². The molecule has 1 aromatic heterocycles. The molecule has 2 amide bonds. The summed E-state index contributed by atoms with van der Waals surface area (Å²) in [5.41, 5.74) is 2.10. The molecule has 1 aromatic carbocycles. The Bertz CT molecular complexity index is 726. The van der Waals surface area contributed by atoms with Crippen molar-refractivity contribution in [3.8, 4) is 11.5 Å². The molecular formula is C18H23N3O3. The summed E-state index contributed by atoms with van der Waals surface area (Å²) in [7, 11) is 3.23. The maximum atomic E-state index is 12.5. The van der Waals surface area contributed by atoms with E-state index in [1.807, 2.05) is 36.1 Å². The van der Waals surface area contributed by atoms with E-state index in [1.54, 1.807) is 14.2 Å². The molecule has 0 bridgehead atoms. The van der Waals surface area contributed by atoms with Crippen molar-refractivity contribution in [2.45, 2.75) is 19.5 Å². The molecule has 2 heterocycles. The molecule has 0 fully saturated rings. The molecule has 1 atom stereocenters. The van der Waals surface area contributed by atoms with Crippen molar-refractivity contribution in [2.24, 2.45) is 0 Å². The molecule has 0 spiro atoms. The van der Waals surface area contributed by atoms with E-state index in [9.17, 15) is 4.79 Å². The van der Waals surface area contributed by atoms with E-state index in [1.165, 1.54) is 0 Å². The average Bonchev–Trinajstić information content (AvgIpc) is 3.09. The lowest BCUT2D eigenvalue weighted by molar-refractivity contribution is 0.169. The molecular weight excluding hydrogens is 306 g/mol. The van der Waals surface area contributed by atoms with Gasteiger partial charge in [0.1, 0.15) is 0 Å². The van der Waals surface area contributed by atoms with E-state index < -0.39 is 0 Å². The van der Waals surface area contributed by atoms with E-state index in [0.717, 1.165) is 17.8 Å². The second-order valence-corrected chi connectivity index (χ2v) is 5.67. The number of hydrogen-bond acceptors (Lipinski definition) is 3. The van der Waals surface area contributed by atoms with Crippen LogP contribution < -0.4 is 14.8 Å². The molecule has 1 aliphatic rings. The van der Waals surface area contributed by atoms with Gasteiger partial charge in [0.25, 0.3) is 0 Å². The van der Waals surface area contributed by atoms with Crippen LogP contribution in [-0.4, -0.2) is 42.8 Å². The molecule has 0 saturated carbocycles. The number of nitrogens with zero attached hydrogens (tertiary/aromatic N) is 2. The smallest absolute Gasteiger partial charge is 0.318 e. The second kappa shape index (κ2) is 6.86. The van der Waals surface area contributed by atoms with Gasteiger partial charge in [0.15, 0.2) is 11.5 Å². The molecule has 0 aliphatic carbocycles. The predicted octanol–water partition coefficient (Wildman–Crippen LogP) is 2.64. The number of carbonyl (C=O) groups is 1. The number of benzene rings is 1. The van der Waals surface area contributed by atoms with Gasteiger partial charge in [-0.1, -0.05) is 6.07 Å². The monoisotopic (exact) mass is 329 g/mol. The Labute approximate surface area is 142 Å². The minimum absolute atomic E-state index is 0.0512. The number of carbonyl (C=O) groups excluding carboxylic acids is 1. The summed E-state index contributed by atoms with van der Waals surface area (Å²) in [6.07, 6.45) is 2.05. The standard InChI is InChI=1S/C18H23N3O3/c1-4-19-18(22)21-11-10-20-9-5-6-14(20)17(21)13-7-8-15(23-2)16(12-13)24-3/h5-9,12,17H,4,10-11H2,1-3H3,(H,19,22). The number of amides is 2. The first-order valence-electron chi connectivity index (χ1n) is 8.11. The van der Waals surface area contributed by atoms with Crippen molar-refractivity contribution in [1.29, 1.82) is 0 Å². The highest BCUT2D eigenvalue weighted by atomic mass is 16.5. The molecule has 1 N–H and O–H groups in total. The first-order valence-corrected chi connectivity index (χ1v) is 8.11. The molecule has 24 heavy (non-hydrogen) atoms. The Balaban J connectivity index is 2.05. The van der Waals surface area contributed by atoms with Crippen LogP contribution in [0.4, 0.5) is 4.79 Å². The molecule has 1 unspecified atom stereocenters. The highest BCUT2D eigenvalue weighted by Gasteiger charge is 2.32. The minimum atomic E-state index is -0.153. The van der Waals surface area contributed by atoms with E-state index in [4.69, 9.17) is 9.47 Å². The van der Waals surface area contributed by atoms with Crippen molar-refractivity contribution in [3.05, 3.63) is 47.8 Å². The van der Waals surface area contributed by atoms with Crippen LogP contribution in [0, 0.1) is 0 Å². The number of nitrogens with one attached hydrogen (secondary N) is 1. The van der Waals surface area contributed by atoms with Crippen LogP contribution in [0.25, 0.3) is 0 Å². The molecule has 0 radical (unpaired) electrons. The summed E-state index contributed by atoms with van der Waals surface area (Å²) in [6, 6.07) is 9.69. The fourth-order valence-corrected chi connectivity index (χ4v) is 3.23. The van der Waals surface area contributed by atoms with Gasteiger partial charge >= 0.3 is 6.03 Å². The summed E-state index contributed by atoms with van der Waals surface area (Å²) in [5.74, 6) is 1.34. The van der Waals surface area contributed by atoms with Crippen LogP contribution in [0.3, 0.4) is 0 Å². The molecule has 6 nitrogen and oxygen atoms in total. The Morgan fingerprint density at radius 1 is 1.21 bits per heavy atom. The van der Waals surface area contributed by atoms with Crippen molar-refractivity contribution in [1.82, 2.24) is 14.8 Å². The first kappa shape index (κ1) is 16.2. The lowest BCUT2D eigenvalue weighted by Gasteiger charge is -2.37. The van der Waals surface area contributed by atoms with Crippen molar-refractivity contribution < 1.29 is 14.3 Å². The van der Waals surface area contributed by atoms with Gasteiger partial charge < -0.3 is 24.3 Å². The quantitative estimate of drug-likeness (QED) is 0.938. The SMILES string of the molecule is CCNC(=O)N1CCn2cccc2C1c1ccc(OC)c(OC)c1. The van der Waals surface area contributed by atoms with Crippen molar-refractivity contribution in [2.75, 3.05) is 27.3 Å². The highest BCUT2D eigenvalue weighted by Crippen LogP contribution is 2.37. The van der Waals surface area contributed by atoms with E-state index in [-0.39, 0.29) is 12.1 Å². The summed E-state index contributed by atoms with van der Waals surface area (Å²) in [4.78, 5) is 14.4. The summed E-state index contributed by atoms with van der Waals surface area (Å²) < 4.78 is 12.9. The largest absolute Gasteiger partial charge is 0.493 e. The number of rotatable bonds is 4. The van der Waals surface area contributed by atoms with Gasteiger partial charge in [0, 0.05) is 31.5 Å². The van der Waals surface area contributed by atoms with Crippen LogP contribution in [0.1, 0.15) is 24.2 Å². The van der Waals surface area contributed by atoms with E-state index in [0.29, 0.717) is 24.6 Å². The first-order chi connectivity index (χ1) is 11.7. The van der Waals surface area contributed by atoms with E-state index in [2.05, 4.69) is 22.1 Å². The number of methoxy groups -OCH3 is 2. The number of aromatic nitrogens is 1. The Morgan fingerprint density at radius 2 is 2.00 bits per heavy atom. The number of hydrogen-bond donors (Lipinski definition) is 1. The Hall–Kier alpha value is -2.63. The normalized spacial score (nSPS) is 16.5. The van der Waals surface area contributed by atoms with Crippen molar-refractivity contribution >= 4 is 6.03 Å². The summed E-state index contributed by atoms with van der Waals surface area (Å²) in [5, 5.41) is 2.91. The third-order valence-electron chi connectivity index (χ3n) is 4.35. The number of ether oxygens (including phenoxy) is 2. The van der Waals surface area contributed by atoms with E-state index >= 15 is 0 Å². The molecule has 1 aliphatic heterocycles. The number of urea groups is 1. The van der Waals surface area contributed by atoms with Crippen LogP contribution in [0.5, 0.6) is 11.5 Å². The topological polar surface area (TPSA) is 55.7 Å². The molecule has 0 saturated heterocycles. The van der Waals surface area contributed by atoms with Crippen LogP contribution >= 0.6 is 0 Å². The molecule has 3 rings (SSSR count). The number of fused-ring (bicyclic) bond motifs is 1. The van der Waals surface area contributed by atoms with Gasteiger partial charge in [0.2, 0.25) is 0 Å². The fourth-order valence-electron chi connectivity index (χ4n) is 3.23.